The number of aliphatic hydroxyl groups is 2. The van der Waals surface area contributed by atoms with Crippen LogP contribution in [0.3, 0.4) is 0 Å². The van der Waals surface area contributed by atoms with E-state index < -0.39 is 7.60 Å². The molecular weight excluding hydrogens is 359 g/mol. The van der Waals surface area contributed by atoms with Crippen LogP contribution in [-0.4, -0.2) is 10.2 Å². The maximum absolute atomic E-state index is 13.3. The minimum atomic E-state index is -3.65. The molecule has 0 aliphatic heterocycles. The topological polar surface area (TPSA) is 102 Å². The van der Waals surface area contributed by atoms with Gasteiger partial charge in [-0.05, 0) is 36.4 Å². The van der Waals surface area contributed by atoms with Crippen molar-refractivity contribution in [3.63, 3.8) is 0 Å². The molecule has 0 saturated heterocycles. The maximum atomic E-state index is 13.3. The maximum Gasteiger partial charge on any atom is 0.362 e. The van der Waals surface area contributed by atoms with Crippen molar-refractivity contribution in [2.45, 2.75) is 26.4 Å². The Morgan fingerprint density at radius 1 is 0.731 bits per heavy atom. The van der Waals surface area contributed by atoms with Crippen LogP contribution < -0.4 is 5.30 Å². The van der Waals surface area contributed by atoms with E-state index in [1.165, 1.54) is 0 Å². The SMILES string of the molecule is O=P(OCc1ccc(CO)o1)(OCc1ccc(CO)o1)c1ccccc1. The molecule has 2 heterocycles. The van der Waals surface area contributed by atoms with E-state index in [0.717, 1.165) is 0 Å². The molecule has 0 spiro atoms. The zero-order valence-electron chi connectivity index (χ0n) is 13.9. The van der Waals surface area contributed by atoms with Crippen LogP contribution in [0.5, 0.6) is 0 Å². The summed E-state index contributed by atoms with van der Waals surface area (Å²) in [6, 6.07) is 15.1. The molecule has 3 aromatic rings. The zero-order chi connectivity index (χ0) is 18.4. The first-order chi connectivity index (χ1) is 12.6. The Kier molecular flexibility index (Phi) is 6.08. The third kappa shape index (κ3) is 4.52. The van der Waals surface area contributed by atoms with Crippen LogP contribution in [0, 0.1) is 0 Å². The van der Waals surface area contributed by atoms with Gasteiger partial charge in [-0.25, -0.2) is 0 Å². The highest BCUT2D eigenvalue weighted by Gasteiger charge is 2.28. The molecule has 3 rings (SSSR count). The second-order valence-electron chi connectivity index (χ2n) is 5.43. The Morgan fingerprint density at radius 3 is 1.62 bits per heavy atom. The number of hydrogen-bond acceptors (Lipinski definition) is 7. The van der Waals surface area contributed by atoms with Crippen molar-refractivity contribution < 1.29 is 32.7 Å². The molecule has 0 bridgehead atoms. The standard InChI is InChI=1S/C18H19O7P/c19-10-14-6-8-16(24-14)12-22-26(21,18-4-2-1-3-5-18)23-13-17-9-7-15(11-20)25-17/h1-9,19-20H,10-13H2. The molecule has 138 valence electrons. The minimum absolute atomic E-state index is 0.0772. The molecule has 0 amide bonds. The van der Waals surface area contributed by atoms with E-state index >= 15 is 0 Å². The lowest BCUT2D eigenvalue weighted by molar-refractivity contribution is 0.170. The number of hydrogen-bond donors (Lipinski definition) is 2. The fourth-order valence-electron chi connectivity index (χ4n) is 2.26. The Morgan fingerprint density at radius 2 is 1.19 bits per heavy atom. The van der Waals surface area contributed by atoms with Gasteiger partial charge in [0.25, 0.3) is 0 Å². The van der Waals surface area contributed by atoms with Crippen LogP contribution in [0.1, 0.15) is 23.0 Å². The van der Waals surface area contributed by atoms with Crippen molar-refractivity contribution >= 4 is 12.9 Å². The summed E-state index contributed by atoms with van der Waals surface area (Å²) in [4.78, 5) is 0. The fourth-order valence-corrected chi connectivity index (χ4v) is 3.77. The van der Waals surface area contributed by atoms with Gasteiger partial charge in [0.1, 0.15) is 49.5 Å². The van der Waals surface area contributed by atoms with Gasteiger partial charge in [-0.3, -0.25) is 13.6 Å². The molecule has 0 atom stereocenters. The molecule has 0 aliphatic rings. The van der Waals surface area contributed by atoms with E-state index in [0.29, 0.717) is 28.3 Å². The number of rotatable bonds is 9. The molecule has 2 N–H and O–H groups in total. The Labute approximate surface area is 150 Å². The van der Waals surface area contributed by atoms with Crippen molar-refractivity contribution in [1.29, 1.82) is 0 Å². The van der Waals surface area contributed by atoms with Crippen LogP contribution >= 0.6 is 7.60 Å². The summed E-state index contributed by atoms with van der Waals surface area (Å²) in [6.07, 6.45) is 0. The smallest absolute Gasteiger partial charge is 0.362 e. The zero-order valence-corrected chi connectivity index (χ0v) is 14.8. The average molecular weight is 378 g/mol. The summed E-state index contributed by atoms with van der Waals surface area (Å²) in [5, 5.41) is 18.5. The molecule has 0 fully saturated rings. The molecule has 0 aliphatic carbocycles. The van der Waals surface area contributed by atoms with E-state index in [-0.39, 0.29) is 26.4 Å². The number of aliphatic hydroxyl groups excluding tert-OH is 2. The molecule has 26 heavy (non-hydrogen) atoms. The summed E-state index contributed by atoms with van der Waals surface area (Å²) < 4.78 is 35.1. The predicted octanol–water partition coefficient (Wildman–Crippen LogP) is 3.11. The van der Waals surface area contributed by atoms with Crippen LogP contribution in [0.15, 0.2) is 63.4 Å². The third-order valence-corrected chi connectivity index (χ3v) is 5.44. The monoisotopic (exact) mass is 378 g/mol. The van der Waals surface area contributed by atoms with E-state index in [9.17, 15) is 4.57 Å². The van der Waals surface area contributed by atoms with Crippen LogP contribution in [0.25, 0.3) is 0 Å². The normalized spacial score (nSPS) is 11.8. The lowest BCUT2D eigenvalue weighted by Crippen LogP contribution is -2.10. The third-order valence-electron chi connectivity index (χ3n) is 3.57. The van der Waals surface area contributed by atoms with Crippen LogP contribution in [-0.2, 0) is 40.0 Å². The highest BCUT2D eigenvalue weighted by molar-refractivity contribution is 7.62. The van der Waals surface area contributed by atoms with Crippen LogP contribution in [0.4, 0.5) is 0 Å². The second kappa shape index (κ2) is 8.49. The quantitative estimate of drug-likeness (QED) is 0.552. The fraction of sp³-hybridized carbons (Fsp3) is 0.222. The minimum Gasteiger partial charge on any atom is -0.461 e. The highest BCUT2D eigenvalue weighted by atomic mass is 31.2. The summed E-state index contributed by atoms with van der Waals surface area (Å²) in [5.41, 5.74) is 0. The second-order valence-corrected chi connectivity index (χ2v) is 7.46. The van der Waals surface area contributed by atoms with E-state index in [2.05, 4.69) is 0 Å². The van der Waals surface area contributed by atoms with Crippen molar-refractivity contribution in [3.8, 4) is 0 Å². The summed E-state index contributed by atoms with van der Waals surface area (Å²) in [5.74, 6) is 1.64. The van der Waals surface area contributed by atoms with Crippen molar-refractivity contribution in [2.75, 3.05) is 0 Å². The van der Waals surface area contributed by atoms with Gasteiger partial charge in [0.2, 0.25) is 0 Å². The molecule has 8 heteroatoms. The summed E-state index contributed by atoms with van der Waals surface area (Å²) >= 11 is 0. The van der Waals surface area contributed by atoms with Crippen LogP contribution in [0.2, 0.25) is 0 Å². The Hall–Kier alpha value is -2.15. The van der Waals surface area contributed by atoms with Gasteiger partial charge in [-0.2, -0.15) is 0 Å². The van der Waals surface area contributed by atoms with Gasteiger partial charge < -0.3 is 19.0 Å². The van der Waals surface area contributed by atoms with Gasteiger partial charge in [0.05, 0.1) is 5.30 Å². The lowest BCUT2D eigenvalue weighted by atomic mass is 10.4. The first-order valence-corrected chi connectivity index (χ1v) is 9.49. The lowest BCUT2D eigenvalue weighted by Gasteiger charge is -2.17. The molecule has 2 aromatic heterocycles. The molecule has 1 aromatic carbocycles. The van der Waals surface area contributed by atoms with Gasteiger partial charge in [0, 0.05) is 0 Å². The van der Waals surface area contributed by atoms with Gasteiger partial charge in [-0.15, -0.1) is 0 Å². The first kappa shape index (κ1) is 18.6. The Bertz CT molecular complexity index is 818. The summed E-state index contributed by atoms with van der Waals surface area (Å²) in [7, 11) is -3.65. The number of furan rings is 2. The van der Waals surface area contributed by atoms with Crippen molar-refractivity contribution in [3.05, 3.63) is 77.6 Å². The highest BCUT2D eigenvalue weighted by Crippen LogP contribution is 2.48. The van der Waals surface area contributed by atoms with E-state index in [1.54, 1.807) is 54.6 Å². The molecule has 0 unspecified atom stereocenters. The molecule has 0 radical (unpaired) electrons. The van der Waals surface area contributed by atoms with E-state index in [4.69, 9.17) is 28.1 Å². The largest absolute Gasteiger partial charge is 0.461 e. The summed E-state index contributed by atoms with van der Waals surface area (Å²) in [6.45, 7) is -0.602. The van der Waals surface area contributed by atoms with Crippen molar-refractivity contribution in [2.24, 2.45) is 0 Å². The molecule has 0 saturated carbocycles. The van der Waals surface area contributed by atoms with Gasteiger partial charge in [0.15, 0.2) is 0 Å². The number of benzene rings is 1. The van der Waals surface area contributed by atoms with Gasteiger partial charge in [-0.1, -0.05) is 18.2 Å². The molecular formula is C18H19O7P. The van der Waals surface area contributed by atoms with Gasteiger partial charge >= 0.3 is 7.60 Å². The van der Waals surface area contributed by atoms with E-state index in [1.807, 2.05) is 0 Å². The first-order valence-electron chi connectivity index (χ1n) is 7.94. The van der Waals surface area contributed by atoms with Crippen molar-refractivity contribution in [1.82, 2.24) is 0 Å². The Balaban J connectivity index is 1.74. The average Bonchev–Trinajstić information content (AvgIpc) is 3.34. The molecule has 7 nitrogen and oxygen atoms in total. The predicted molar refractivity (Wildman–Crippen MR) is 92.5 cm³/mol.